The molecule has 5 heteroatoms. The summed E-state index contributed by atoms with van der Waals surface area (Å²) in [5, 5.41) is 13.4. The molecular formula is C10H13ClN2O2. The molecule has 0 saturated heterocycles. The molecule has 0 radical (unpaired) electrons. The number of hydrogen-bond acceptors (Lipinski definition) is 2. The summed E-state index contributed by atoms with van der Waals surface area (Å²) in [5.74, 6) is -0.803. The van der Waals surface area contributed by atoms with Crippen LogP contribution in [0.2, 0.25) is 5.15 Å². The van der Waals surface area contributed by atoms with Gasteiger partial charge in [0.25, 0.3) is 0 Å². The highest BCUT2D eigenvalue weighted by Crippen LogP contribution is 2.34. The van der Waals surface area contributed by atoms with Crippen molar-refractivity contribution >= 4 is 17.6 Å². The second-order valence-corrected chi connectivity index (χ2v) is 4.24. The van der Waals surface area contributed by atoms with E-state index in [1.807, 2.05) is 4.68 Å². The van der Waals surface area contributed by atoms with E-state index in [0.717, 1.165) is 18.4 Å². The quantitative estimate of drug-likeness (QED) is 0.860. The predicted octanol–water partition coefficient (Wildman–Crippen LogP) is 2.28. The number of aryl methyl sites for hydroxylation is 1. The molecule has 0 spiro atoms. The van der Waals surface area contributed by atoms with Gasteiger partial charge in [0.15, 0.2) is 0 Å². The lowest BCUT2D eigenvalue weighted by Crippen LogP contribution is -2.18. The van der Waals surface area contributed by atoms with Gasteiger partial charge in [0.1, 0.15) is 5.15 Å². The molecule has 0 aromatic carbocycles. The van der Waals surface area contributed by atoms with Gasteiger partial charge >= 0.3 is 5.97 Å². The minimum absolute atomic E-state index is 0.107. The first-order valence-corrected chi connectivity index (χ1v) is 5.50. The highest BCUT2D eigenvalue weighted by molar-refractivity contribution is 6.30. The van der Waals surface area contributed by atoms with Crippen LogP contribution in [0.25, 0.3) is 0 Å². The van der Waals surface area contributed by atoms with Crippen molar-refractivity contribution in [3.63, 3.8) is 0 Å². The van der Waals surface area contributed by atoms with Crippen molar-refractivity contribution in [2.75, 3.05) is 0 Å². The van der Waals surface area contributed by atoms with Crippen LogP contribution in [0.3, 0.4) is 0 Å². The number of carbonyl (C=O) groups is 1. The summed E-state index contributed by atoms with van der Waals surface area (Å²) in [6, 6.07) is 0.427. The lowest BCUT2D eigenvalue weighted by molar-refractivity contribution is -0.136. The fourth-order valence-electron chi connectivity index (χ4n) is 1.68. The summed E-state index contributed by atoms with van der Waals surface area (Å²) in [4.78, 5) is 10.4. The van der Waals surface area contributed by atoms with Crippen LogP contribution < -0.4 is 0 Å². The van der Waals surface area contributed by atoms with Crippen molar-refractivity contribution in [2.24, 2.45) is 0 Å². The smallest absolute Gasteiger partial charge is 0.303 e. The van der Waals surface area contributed by atoms with Crippen LogP contribution in [0.1, 0.15) is 37.3 Å². The molecule has 1 heterocycles. The molecule has 1 fully saturated rings. The minimum Gasteiger partial charge on any atom is -0.481 e. The van der Waals surface area contributed by atoms with Crippen molar-refractivity contribution in [1.29, 1.82) is 0 Å². The Kier molecular flexibility index (Phi) is 2.95. The van der Waals surface area contributed by atoms with Crippen molar-refractivity contribution in [3.05, 3.63) is 16.9 Å². The molecule has 2 rings (SSSR count). The first-order valence-electron chi connectivity index (χ1n) is 5.12. The summed E-state index contributed by atoms with van der Waals surface area (Å²) >= 11 is 6.12. The average molecular weight is 229 g/mol. The summed E-state index contributed by atoms with van der Waals surface area (Å²) in [5.41, 5.74) is 0.839. The van der Waals surface area contributed by atoms with Crippen LogP contribution in [0.15, 0.2) is 6.20 Å². The summed E-state index contributed by atoms with van der Waals surface area (Å²) in [7, 11) is 0. The van der Waals surface area contributed by atoms with Gasteiger partial charge in [-0.15, -0.1) is 0 Å². The molecule has 1 aromatic rings. The molecular weight excluding hydrogens is 216 g/mol. The van der Waals surface area contributed by atoms with Crippen LogP contribution in [-0.4, -0.2) is 20.9 Å². The number of carboxylic acids is 1. The Bertz CT molecular complexity index is 371. The van der Waals surface area contributed by atoms with Crippen LogP contribution >= 0.6 is 11.6 Å². The molecule has 0 bridgehead atoms. The van der Waals surface area contributed by atoms with Crippen LogP contribution in [-0.2, 0) is 11.2 Å². The SMILES string of the molecule is O=C(O)CCc1cnn(C2CCC2)c1Cl. The molecule has 1 aromatic heterocycles. The monoisotopic (exact) mass is 228 g/mol. The Labute approximate surface area is 92.8 Å². The third-order valence-electron chi connectivity index (χ3n) is 2.83. The largest absolute Gasteiger partial charge is 0.481 e. The molecule has 1 N–H and O–H groups in total. The third-order valence-corrected chi connectivity index (χ3v) is 3.25. The normalized spacial score (nSPS) is 16.3. The topological polar surface area (TPSA) is 55.1 Å². The molecule has 4 nitrogen and oxygen atoms in total. The zero-order valence-electron chi connectivity index (χ0n) is 8.32. The average Bonchev–Trinajstić information content (AvgIpc) is 2.43. The van der Waals surface area contributed by atoms with E-state index in [-0.39, 0.29) is 6.42 Å². The number of nitrogens with zero attached hydrogens (tertiary/aromatic N) is 2. The van der Waals surface area contributed by atoms with Crippen molar-refractivity contribution in [1.82, 2.24) is 9.78 Å². The number of rotatable bonds is 4. The number of aromatic nitrogens is 2. The molecule has 1 saturated carbocycles. The van der Waals surface area contributed by atoms with E-state index >= 15 is 0 Å². The Balaban J connectivity index is 2.05. The predicted molar refractivity (Wildman–Crippen MR) is 56.1 cm³/mol. The van der Waals surface area contributed by atoms with Crippen LogP contribution in [0, 0.1) is 0 Å². The standard InChI is InChI=1S/C10H13ClN2O2/c11-10-7(4-5-9(14)15)6-12-13(10)8-2-1-3-8/h6,8H,1-5H2,(H,14,15). The van der Waals surface area contributed by atoms with E-state index in [0.29, 0.717) is 17.6 Å². The van der Waals surface area contributed by atoms with E-state index in [4.69, 9.17) is 16.7 Å². The van der Waals surface area contributed by atoms with Crippen molar-refractivity contribution in [2.45, 2.75) is 38.1 Å². The fourth-order valence-corrected chi connectivity index (χ4v) is 2.00. The minimum atomic E-state index is -0.803. The number of aliphatic carboxylic acids is 1. The highest BCUT2D eigenvalue weighted by atomic mass is 35.5. The molecule has 0 unspecified atom stereocenters. The van der Waals surface area contributed by atoms with E-state index in [2.05, 4.69) is 5.10 Å². The summed E-state index contributed by atoms with van der Waals surface area (Å²) < 4.78 is 1.82. The molecule has 15 heavy (non-hydrogen) atoms. The van der Waals surface area contributed by atoms with Crippen molar-refractivity contribution in [3.8, 4) is 0 Å². The van der Waals surface area contributed by atoms with Gasteiger partial charge in [0.2, 0.25) is 0 Å². The first-order chi connectivity index (χ1) is 7.18. The van der Waals surface area contributed by atoms with Gasteiger partial charge in [0, 0.05) is 12.0 Å². The second-order valence-electron chi connectivity index (χ2n) is 3.88. The number of hydrogen-bond donors (Lipinski definition) is 1. The maximum absolute atomic E-state index is 10.4. The summed E-state index contributed by atoms with van der Waals surface area (Å²) in [6.07, 6.45) is 5.73. The Morgan fingerprint density at radius 1 is 1.67 bits per heavy atom. The Morgan fingerprint density at radius 2 is 2.40 bits per heavy atom. The van der Waals surface area contributed by atoms with Gasteiger partial charge in [-0.05, 0) is 25.7 Å². The lowest BCUT2D eigenvalue weighted by Gasteiger charge is -2.26. The zero-order chi connectivity index (χ0) is 10.8. The second kappa shape index (κ2) is 4.23. The zero-order valence-corrected chi connectivity index (χ0v) is 9.07. The molecule has 0 amide bonds. The molecule has 0 aliphatic heterocycles. The number of carboxylic acid groups (broad SMARTS) is 1. The molecule has 82 valence electrons. The molecule has 1 aliphatic rings. The van der Waals surface area contributed by atoms with Crippen LogP contribution in [0.4, 0.5) is 0 Å². The van der Waals surface area contributed by atoms with Crippen LogP contribution in [0.5, 0.6) is 0 Å². The van der Waals surface area contributed by atoms with Crippen molar-refractivity contribution < 1.29 is 9.90 Å². The Hall–Kier alpha value is -1.03. The van der Waals surface area contributed by atoms with E-state index in [1.54, 1.807) is 6.20 Å². The fraction of sp³-hybridized carbons (Fsp3) is 0.600. The third kappa shape index (κ3) is 2.15. The first kappa shape index (κ1) is 10.5. The van der Waals surface area contributed by atoms with E-state index in [1.165, 1.54) is 6.42 Å². The highest BCUT2D eigenvalue weighted by Gasteiger charge is 2.23. The van der Waals surface area contributed by atoms with Gasteiger partial charge in [0.05, 0.1) is 12.2 Å². The van der Waals surface area contributed by atoms with Gasteiger partial charge in [-0.2, -0.15) is 5.10 Å². The van der Waals surface area contributed by atoms with Gasteiger partial charge in [-0.25, -0.2) is 0 Å². The molecule has 0 atom stereocenters. The van der Waals surface area contributed by atoms with Gasteiger partial charge < -0.3 is 5.11 Å². The summed E-state index contributed by atoms with van der Waals surface area (Å²) in [6.45, 7) is 0. The maximum atomic E-state index is 10.4. The lowest BCUT2D eigenvalue weighted by atomic mass is 9.93. The number of halogens is 1. The van der Waals surface area contributed by atoms with E-state index in [9.17, 15) is 4.79 Å². The van der Waals surface area contributed by atoms with Gasteiger partial charge in [-0.1, -0.05) is 11.6 Å². The molecule has 1 aliphatic carbocycles. The van der Waals surface area contributed by atoms with E-state index < -0.39 is 5.97 Å². The van der Waals surface area contributed by atoms with Gasteiger partial charge in [-0.3, -0.25) is 9.48 Å². The maximum Gasteiger partial charge on any atom is 0.303 e. The Morgan fingerprint density at radius 3 is 2.93 bits per heavy atom.